The van der Waals surface area contributed by atoms with E-state index in [-0.39, 0.29) is 0 Å². The van der Waals surface area contributed by atoms with E-state index in [1.54, 1.807) is 0 Å². The first-order chi connectivity index (χ1) is 3.98. The van der Waals surface area contributed by atoms with Crippen molar-refractivity contribution in [3.63, 3.8) is 0 Å². The van der Waals surface area contributed by atoms with Crippen molar-refractivity contribution in [3.05, 3.63) is 0 Å². The Morgan fingerprint density at radius 1 is 1.44 bits per heavy atom. The summed E-state index contributed by atoms with van der Waals surface area (Å²) in [6.07, 6.45) is -8.25. The summed E-state index contributed by atoms with van der Waals surface area (Å²) in [4.78, 5) is 0. The number of ether oxygens (including phenoxy) is 1. The predicted octanol–water partition coefficient (Wildman–Crippen LogP) is 1.88. The minimum absolute atomic E-state index is 0.683. The van der Waals surface area contributed by atoms with Gasteiger partial charge in [0.15, 0.2) is 0 Å². The molecule has 0 radical (unpaired) electrons. The van der Waals surface area contributed by atoms with Crippen LogP contribution in [0.25, 0.3) is 0 Å². The molecule has 0 aliphatic carbocycles. The van der Waals surface area contributed by atoms with E-state index in [4.69, 9.17) is 0 Å². The Hall–Kier alpha value is -0.320. The van der Waals surface area contributed by atoms with Crippen molar-refractivity contribution in [3.8, 4) is 0 Å². The zero-order valence-corrected chi connectivity index (χ0v) is 4.70. The van der Waals surface area contributed by atoms with Crippen LogP contribution >= 0.6 is 0 Å². The van der Waals surface area contributed by atoms with Crippen LogP contribution in [-0.2, 0) is 4.74 Å². The maximum Gasteiger partial charge on any atom is 0.360 e. The predicted molar refractivity (Wildman–Crippen MR) is 22.6 cm³/mol. The Balaban J connectivity index is 3.58. The molecule has 0 N–H and O–H groups in total. The molecule has 0 heterocycles. The summed E-state index contributed by atoms with van der Waals surface area (Å²) in [5.74, 6) is 0. The molecule has 0 atom stereocenters. The van der Waals surface area contributed by atoms with Gasteiger partial charge in [-0.3, -0.25) is 0 Å². The summed E-state index contributed by atoms with van der Waals surface area (Å²) < 4.78 is 49.2. The highest BCUT2D eigenvalue weighted by atomic mass is 19.3. The highest BCUT2D eigenvalue weighted by molar-refractivity contribution is 4.52. The fourth-order valence-electron chi connectivity index (χ4n) is 0.263. The fraction of sp³-hybridized carbons (Fsp3) is 1.00. The smallest absolute Gasteiger partial charge is 0.324 e. The molecule has 0 saturated carbocycles. The molecule has 9 heavy (non-hydrogen) atoms. The molecule has 0 rings (SSSR count). The van der Waals surface area contributed by atoms with E-state index >= 15 is 0 Å². The van der Waals surface area contributed by atoms with E-state index in [2.05, 4.69) is 4.74 Å². The van der Waals surface area contributed by atoms with Crippen LogP contribution in [0.1, 0.15) is 6.42 Å². The molecular formula is C4H6F4O. The van der Waals surface area contributed by atoms with Crippen molar-refractivity contribution in [2.75, 3.05) is 7.11 Å². The summed E-state index contributed by atoms with van der Waals surface area (Å²) >= 11 is 0. The van der Waals surface area contributed by atoms with Crippen LogP contribution in [-0.4, -0.2) is 19.6 Å². The minimum Gasteiger partial charge on any atom is -0.324 e. The van der Waals surface area contributed by atoms with Gasteiger partial charge in [-0.15, -0.1) is 0 Å². The maximum atomic E-state index is 11.7. The van der Waals surface area contributed by atoms with Gasteiger partial charge in [-0.05, 0) is 0 Å². The molecule has 0 unspecified atom stereocenters. The second-order valence-electron chi connectivity index (χ2n) is 1.44. The fourth-order valence-corrected chi connectivity index (χ4v) is 0.263. The van der Waals surface area contributed by atoms with Crippen molar-refractivity contribution < 1.29 is 22.3 Å². The molecule has 0 aliphatic rings. The third kappa shape index (κ3) is 4.20. The molecule has 5 heteroatoms. The van der Waals surface area contributed by atoms with Crippen LogP contribution in [0.4, 0.5) is 17.6 Å². The first-order valence-corrected chi connectivity index (χ1v) is 2.19. The normalized spacial score (nSPS) is 12.7. The molecule has 0 aliphatic heterocycles. The summed E-state index contributed by atoms with van der Waals surface area (Å²) in [5, 5.41) is 0. The van der Waals surface area contributed by atoms with E-state index in [0.717, 1.165) is 0 Å². The standard InChI is InChI=1S/C4H6F4O/c1-9-4(7,8)2-3(5)6/h3H,2H2,1H3. The van der Waals surface area contributed by atoms with Crippen molar-refractivity contribution in [1.82, 2.24) is 0 Å². The number of halogens is 4. The summed E-state index contributed by atoms with van der Waals surface area (Å²) in [5.41, 5.74) is 0. The molecule has 0 spiro atoms. The van der Waals surface area contributed by atoms with Gasteiger partial charge in [0.05, 0.1) is 6.42 Å². The van der Waals surface area contributed by atoms with Gasteiger partial charge in [0.2, 0.25) is 6.43 Å². The van der Waals surface area contributed by atoms with Gasteiger partial charge in [-0.25, -0.2) is 8.78 Å². The van der Waals surface area contributed by atoms with Crippen molar-refractivity contribution in [2.45, 2.75) is 19.0 Å². The average molecular weight is 146 g/mol. The van der Waals surface area contributed by atoms with Gasteiger partial charge in [0.1, 0.15) is 0 Å². The van der Waals surface area contributed by atoms with E-state index in [0.29, 0.717) is 7.11 Å². The zero-order valence-electron chi connectivity index (χ0n) is 4.70. The molecule has 56 valence electrons. The third-order valence-electron chi connectivity index (χ3n) is 0.691. The van der Waals surface area contributed by atoms with Gasteiger partial charge in [-0.1, -0.05) is 0 Å². The topological polar surface area (TPSA) is 9.23 Å². The second kappa shape index (κ2) is 3.00. The molecule has 0 aromatic heterocycles. The van der Waals surface area contributed by atoms with Gasteiger partial charge in [0, 0.05) is 7.11 Å². The minimum atomic E-state index is -3.69. The molecule has 0 amide bonds. The van der Waals surface area contributed by atoms with Gasteiger partial charge in [-0.2, -0.15) is 8.78 Å². The molecule has 0 aromatic rings. The van der Waals surface area contributed by atoms with E-state index in [9.17, 15) is 17.6 Å². The highest BCUT2D eigenvalue weighted by Crippen LogP contribution is 2.22. The lowest BCUT2D eigenvalue weighted by molar-refractivity contribution is -0.239. The van der Waals surface area contributed by atoms with Crippen molar-refractivity contribution in [1.29, 1.82) is 0 Å². The van der Waals surface area contributed by atoms with Crippen molar-refractivity contribution >= 4 is 0 Å². The van der Waals surface area contributed by atoms with Crippen LogP contribution in [0.2, 0.25) is 0 Å². The van der Waals surface area contributed by atoms with Crippen LogP contribution < -0.4 is 0 Å². The Bertz CT molecular complexity index is 82.6. The van der Waals surface area contributed by atoms with E-state index in [1.165, 1.54) is 0 Å². The number of methoxy groups -OCH3 is 1. The lowest BCUT2D eigenvalue weighted by atomic mass is 10.4. The second-order valence-corrected chi connectivity index (χ2v) is 1.44. The molecule has 0 aromatic carbocycles. The number of rotatable bonds is 3. The zero-order chi connectivity index (χ0) is 7.49. The van der Waals surface area contributed by atoms with Crippen LogP contribution in [0, 0.1) is 0 Å². The largest absolute Gasteiger partial charge is 0.360 e. The number of hydrogen-bond acceptors (Lipinski definition) is 1. The summed E-state index contributed by atoms with van der Waals surface area (Å²) in [6.45, 7) is 0. The van der Waals surface area contributed by atoms with Gasteiger partial charge >= 0.3 is 6.11 Å². The summed E-state index contributed by atoms with van der Waals surface area (Å²) in [6, 6.07) is 0. The quantitative estimate of drug-likeness (QED) is 0.552. The SMILES string of the molecule is COC(F)(F)CC(F)F. The number of alkyl halides is 4. The average Bonchev–Trinajstić information content (AvgIpc) is 1.63. The maximum absolute atomic E-state index is 11.7. The molecule has 1 nitrogen and oxygen atoms in total. The first kappa shape index (κ1) is 8.68. The first-order valence-electron chi connectivity index (χ1n) is 2.19. The Kier molecular flexibility index (Phi) is 2.90. The Labute approximate surface area is 49.6 Å². The number of hydrogen-bond donors (Lipinski definition) is 0. The molecule has 0 bridgehead atoms. The van der Waals surface area contributed by atoms with E-state index in [1.807, 2.05) is 0 Å². The monoisotopic (exact) mass is 146 g/mol. The van der Waals surface area contributed by atoms with Crippen LogP contribution in [0.15, 0.2) is 0 Å². The van der Waals surface area contributed by atoms with Crippen LogP contribution in [0.3, 0.4) is 0 Å². The Morgan fingerprint density at radius 2 is 1.89 bits per heavy atom. The van der Waals surface area contributed by atoms with E-state index < -0.39 is 19.0 Å². The third-order valence-corrected chi connectivity index (χ3v) is 0.691. The molecule has 0 fully saturated rings. The Morgan fingerprint density at radius 3 is 2.00 bits per heavy atom. The lowest BCUT2D eigenvalue weighted by Gasteiger charge is -2.11. The molecular weight excluding hydrogens is 140 g/mol. The van der Waals surface area contributed by atoms with Crippen molar-refractivity contribution in [2.24, 2.45) is 0 Å². The van der Waals surface area contributed by atoms with Gasteiger partial charge in [0.25, 0.3) is 0 Å². The van der Waals surface area contributed by atoms with Crippen LogP contribution in [0.5, 0.6) is 0 Å². The molecule has 0 saturated heterocycles. The summed E-state index contributed by atoms with van der Waals surface area (Å²) in [7, 11) is 0.683. The highest BCUT2D eigenvalue weighted by Gasteiger charge is 2.32. The lowest BCUT2D eigenvalue weighted by Crippen LogP contribution is -2.21. The van der Waals surface area contributed by atoms with Gasteiger partial charge < -0.3 is 4.74 Å².